The largest absolute Gasteiger partial charge is 0.388 e. The molecule has 12 heavy (non-hydrogen) atoms. The number of nitrogens with zero attached hydrogens (tertiary/aromatic N) is 1. The molecular weight excluding hydrogens is 148 g/mol. The van der Waals surface area contributed by atoms with Crippen LogP contribution in [0.3, 0.4) is 0 Å². The van der Waals surface area contributed by atoms with Gasteiger partial charge in [0.15, 0.2) is 0 Å². The highest BCUT2D eigenvalue weighted by Crippen LogP contribution is 2.30. The van der Waals surface area contributed by atoms with Gasteiger partial charge in [0.2, 0.25) is 0 Å². The Morgan fingerprint density at radius 3 is 2.08 bits per heavy atom. The van der Waals surface area contributed by atoms with Gasteiger partial charge < -0.3 is 5.73 Å². The summed E-state index contributed by atoms with van der Waals surface area (Å²) >= 11 is 0. The molecule has 0 amide bonds. The first kappa shape index (κ1) is 9.56. The molecule has 0 aliphatic heterocycles. The van der Waals surface area contributed by atoms with Crippen LogP contribution in [0.4, 0.5) is 0 Å². The fraction of sp³-hybridized carbons (Fsp3) is 0.900. The number of nitrogens with two attached hydrogens (primary N) is 1. The Kier molecular flexibility index (Phi) is 3.12. The van der Waals surface area contributed by atoms with Gasteiger partial charge >= 0.3 is 0 Å². The number of amidine groups is 1. The van der Waals surface area contributed by atoms with Gasteiger partial charge in [-0.3, -0.25) is 4.99 Å². The van der Waals surface area contributed by atoms with Crippen molar-refractivity contribution in [3.05, 3.63) is 0 Å². The lowest BCUT2D eigenvalue weighted by molar-refractivity contribution is 0.270. The topological polar surface area (TPSA) is 38.4 Å². The lowest BCUT2D eigenvalue weighted by atomic mass is 9.81. The van der Waals surface area contributed by atoms with Crippen molar-refractivity contribution in [2.24, 2.45) is 22.6 Å². The van der Waals surface area contributed by atoms with E-state index < -0.39 is 0 Å². The van der Waals surface area contributed by atoms with Gasteiger partial charge in [-0.15, -0.1) is 0 Å². The number of aliphatic imine (C=N–C) groups is 1. The van der Waals surface area contributed by atoms with E-state index in [4.69, 9.17) is 5.73 Å². The molecule has 0 aromatic heterocycles. The Balaban J connectivity index is 2.50. The molecule has 0 radical (unpaired) electrons. The van der Waals surface area contributed by atoms with E-state index in [2.05, 4.69) is 18.8 Å². The van der Waals surface area contributed by atoms with Crippen LogP contribution in [0.5, 0.6) is 0 Å². The summed E-state index contributed by atoms with van der Waals surface area (Å²) in [7, 11) is 0. The predicted octanol–water partition coefficient (Wildman–Crippen LogP) is 2.19. The quantitative estimate of drug-likeness (QED) is 0.473. The van der Waals surface area contributed by atoms with Crippen LogP contribution in [-0.4, -0.2) is 11.9 Å². The van der Waals surface area contributed by atoms with E-state index in [1.165, 1.54) is 19.3 Å². The van der Waals surface area contributed by atoms with Gasteiger partial charge in [0.1, 0.15) is 0 Å². The fourth-order valence-corrected chi connectivity index (χ4v) is 2.30. The Morgan fingerprint density at radius 2 is 1.67 bits per heavy atom. The molecule has 0 aromatic rings. The second-order valence-corrected chi connectivity index (χ2v) is 4.34. The fourth-order valence-electron chi connectivity index (χ4n) is 2.30. The van der Waals surface area contributed by atoms with Crippen molar-refractivity contribution in [2.75, 3.05) is 0 Å². The molecule has 0 saturated heterocycles. The minimum atomic E-state index is 0.494. The van der Waals surface area contributed by atoms with Gasteiger partial charge in [0, 0.05) is 0 Å². The van der Waals surface area contributed by atoms with E-state index in [1.807, 2.05) is 6.92 Å². The average molecular weight is 168 g/mol. The van der Waals surface area contributed by atoms with Gasteiger partial charge in [-0.25, -0.2) is 0 Å². The van der Waals surface area contributed by atoms with Gasteiger partial charge in [-0.2, -0.15) is 0 Å². The zero-order valence-electron chi connectivity index (χ0n) is 8.38. The van der Waals surface area contributed by atoms with E-state index in [0.29, 0.717) is 6.04 Å². The molecule has 1 aliphatic rings. The minimum absolute atomic E-state index is 0.494. The summed E-state index contributed by atoms with van der Waals surface area (Å²) in [6.07, 6.45) is 3.80. The van der Waals surface area contributed by atoms with Crippen LogP contribution in [0.2, 0.25) is 0 Å². The van der Waals surface area contributed by atoms with Crippen LogP contribution < -0.4 is 5.73 Å². The molecule has 2 unspecified atom stereocenters. The van der Waals surface area contributed by atoms with Gasteiger partial charge in [-0.05, 0) is 38.0 Å². The molecule has 0 spiro atoms. The van der Waals surface area contributed by atoms with Gasteiger partial charge in [0.25, 0.3) is 0 Å². The summed E-state index contributed by atoms with van der Waals surface area (Å²) in [4.78, 5) is 4.43. The molecule has 2 heteroatoms. The van der Waals surface area contributed by atoms with Crippen molar-refractivity contribution in [2.45, 2.75) is 46.1 Å². The van der Waals surface area contributed by atoms with Crippen LogP contribution in [0.25, 0.3) is 0 Å². The predicted molar refractivity (Wildman–Crippen MR) is 53.3 cm³/mol. The minimum Gasteiger partial charge on any atom is -0.388 e. The summed E-state index contributed by atoms with van der Waals surface area (Å²) in [6.45, 7) is 6.50. The van der Waals surface area contributed by atoms with E-state index in [9.17, 15) is 0 Å². The Morgan fingerprint density at radius 1 is 1.17 bits per heavy atom. The normalized spacial score (nSPS) is 38.2. The maximum absolute atomic E-state index is 5.56. The summed E-state index contributed by atoms with van der Waals surface area (Å²) in [6, 6.07) is 0.494. The first-order valence-electron chi connectivity index (χ1n) is 4.87. The van der Waals surface area contributed by atoms with Crippen molar-refractivity contribution in [3.63, 3.8) is 0 Å². The van der Waals surface area contributed by atoms with E-state index >= 15 is 0 Å². The van der Waals surface area contributed by atoms with Gasteiger partial charge in [-0.1, -0.05) is 13.8 Å². The zero-order valence-corrected chi connectivity index (χ0v) is 8.38. The SMILES string of the molecule is CC(N)=NC1CC(C)CC(C)C1. The monoisotopic (exact) mass is 168 g/mol. The molecule has 0 aromatic carbocycles. The van der Waals surface area contributed by atoms with Crippen LogP contribution in [0.15, 0.2) is 4.99 Å². The molecule has 2 atom stereocenters. The second-order valence-electron chi connectivity index (χ2n) is 4.34. The smallest absolute Gasteiger partial charge is 0.0909 e. The number of hydrogen-bond donors (Lipinski definition) is 1. The third kappa shape index (κ3) is 2.84. The van der Waals surface area contributed by atoms with Crippen LogP contribution in [0, 0.1) is 11.8 Å². The van der Waals surface area contributed by atoms with Crippen LogP contribution in [0.1, 0.15) is 40.0 Å². The van der Waals surface area contributed by atoms with Crippen LogP contribution in [-0.2, 0) is 0 Å². The van der Waals surface area contributed by atoms with Crippen molar-refractivity contribution in [1.82, 2.24) is 0 Å². The number of hydrogen-bond acceptors (Lipinski definition) is 1. The Hall–Kier alpha value is -0.530. The molecule has 0 heterocycles. The molecule has 1 rings (SSSR count). The number of rotatable bonds is 1. The average Bonchev–Trinajstić information content (AvgIpc) is 1.81. The third-order valence-electron chi connectivity index (χ3n) is 2.54. The standard InChI is InChI=1S/C10H20N2/c1-7-4-8(2)6-10(5-7)12-9(3)11/h7-8,10H,4-6H2,1-3H3,(H2,11,12). The van der Waals surface area contributed by atoms with Crippen molar-refractivity contribution in [1.29, 1.82) is 0 Å². The van der Waals surface area contributed by atoms with Gasteiger partial charge in [0.05, 0.1) is 11.9 Å². The zero-order chi connectivity index (χ0) is 9.14. The van der Waals surface area contributed by atoms with Crippen LogP contribution >= 0.6 is 0 Å². The summed E-state index contributed by atoms with van der Waals surface area (Å²) in [5.74, 6) is 2.38. The highest BCUT2D eigenvalue weighted by atomic mass is 14.9. The molecule has 70 valence electrons. The highest BCUT2D eigenvalue weighted by molar-refractivity contribution is 5.77. The van der Waals surface area contributed by atoms with Crippen molar-refractivity contribution < 1.29 is 0 Å². The first-order valence-corrected chi connectivity index (χ1v) is 4.87. The molecule has 1 fully saturated rings. The lowest BCUT2D eigenvalue weighted by Crippen LogP contribution is -2.24. The molecule has 0 bridgehead atoms. The highest BCUT2D eigenvalue weighted by Gasteiger charge is 2.22. The molecule has 1 saturated carbocycles. The maximum Gasteiger partial charge on any atom is 0.0909 e. The molecule has 2 N–H and O–H groups in total. The molecule has 1 aliphatic carbocycles. The summed E-state index contributed by atoms with van der Waals surface area (Å²) in [5, 5.41) is 0. The Labute approximate surface area is 75.3 Å². The molecular formula is C10H20N2. The van der Waals surface area contributed by atoms with E-state index in [0.717, 1.165) is 17.7 Å². The first-order chi connectivity index (χ1) is 5.58. The molecule has 2 nitrogen and oxygen atoms in total. The third-order valence-corrected chi connectivity index (χ3v) is 2.54. The Bertz CT molecular complexity index is 161. The van der Waals surface area contributed by atoms with Crippen molar-refractivity contribution >= 4 is 5.84 Å². The van der Waals surface area contributed by atoms with E-state index in [-0.39, 0.29) is 0 Å². The second kappa shape index (κ2) is 3.92. The lowest BCUT2D eigenvalue weighted by Gasteiger charge is -2.29. The van der Waals surface area contributed by atoms with Crippen molar-refractivity contribution in [3.8, 4) is 0 Å². The summed E-state index contributed by atoms with van der Waals surface area (Å²) in [5.41, 5.74) is 5.56. The maximum atomic E-state index is 5.56. The van der Waals surface area contributed by atoms with E-state index in [1.54, 1.807) is 0 Å². The summed E-state index contributed by atoms with van der Waals surface area (Å²) < 4.78 is 0.